The number of hydrogen-bond acceptors (Lipinski definition) is 3. The molecule has 0 fully saturated rings. The summed E-state index contributed by atoms with van der Waals surface area (Å²) in [4.78, 5) is 0.273. The SMILES string of the molecule is C=CC1Oc2ccc(C(C)(C)C)cc2S1(=O)=O. The average Bonchev–Trinajstić information content (AvgIpc) is 2.48. The average molecular weight is 252 g/mol. The topological polar surface area (TPSA) is 43.4 Å². The highest BCUT2D eigenvalue weighted by molar-refractivity contribution is 7.92. The lowest BCUT2D eigenvalue weighted by molar-refractivity contribution is 0.330. The second-order valence-corrected chi connectivity index (χ2v) is 7.17. The molecule has 1 aromatic carbocycles. The molecule has 1 aliphatic rings. The van der Waals surface area contributed by atoms with Crippen LogP contribution >= 0.6 is 0 Å². The largest absolute Gasteiger partial charge is 0.469 e. The van der Waals surface area contributed by atoms with E-state index >= 15 is 0 Å². The molecule has 0 aromatic heterocycles. The minimum atomic E-state index is -3.42. The van der Waals surface area contributed by atoms with E-state index in [2.05, 4.69) is 6.58 Å². The third kappa shape index (κ3) is 1.86. The predicted octanol–water partition coefficient (Wildman–Crippen LogP) is 2.66. The second kappa shape index (κ2) is 3.60. The first-order valence-corrected chi connectivity index (χ1v) is 6.99. The zero-order valence-electron chi connectivity index (χ0n) is 10.2. The molecule has 0 saturated carbocycles. The van der Waals surface area contributed by atoms with Gasteiger partial charge in [0, 0.05) is 0 Å². The van der Waals surface area contributed by atoms with Crippen LogP contribution in [-0.2, 0) is 15.3 Å². The van der Waals surface area contributed by atoms with Crippen LogP contribution in [0.4, 0.5) is 0 Å². The monoisotopic (exact) mass is 252 g/mol. The van der Waals surface area contributed by atoms with Gasteiger partial charge in [0.05, 0.1) is 0 Å². The van der Waals surface area contributed by atoms with E-state index in [0.29, 0.717) is 5.75 Å². The van der Waals surface area contributed by atoms with Gasteiger partial charge in [-0.2, -0.15) is 0 Å². The van der Waals surface area contributed by atoms with E-state index in [1.165, 1.54) is 6.08 Å². The van der Waals surface area contributed by atoms with E-state index in [1.54, 1.807) is 12.1 Å². The number of sulfone groups is 1. The molecular weight excluding hydrogens is 236 g/mol. The van der Waals surface area contributed by atoms with Crippen molar-refractivity contribution in [3.63, 3.8) is 0 Å². The van der Waals surface area contributed by atoms with Crippen LogP contribution in [0.2, 0.25) is 0 Å². The molecular formula is C13H16O3S. The molecule has 1 atom stereocenters. The third-order valence-electron chi connectivity index (χ3n) is 2.86. The third-order valence-corrected chi connectivity index (χ3v) is 4.69. The lowest BCUT2D eigenvalue weighted by atomic mass is 9.87. The quantitative estimate of drug-likeness (QED) is 0.722. The fourth-order valence-corrected chi connectivity index (χ4v) is 3.20. The Kier molecular flexibility index (Phi) is 2.58. The fraction of sp³-hybridized carbons (Fsp3) is 0.385. The summed E-state index contributed by atoms with van der Waals surface area (Å²) in [7, 11) is -3.42. The van der Waals surface area contributed by atoms with Crippen molar-refractivity contribution >= 4 is 9.84 Å². The lowest BCUT2D eigenvalue weighted by Gasteiger charge is -2.19. The summed E-state index contributed by atoms with van der Waals surface area (Å²) >= 11 is 0. The number of rotatable bonds is 1. The molecule has 1 heterocycles. The Labute approximate surface area is 102 Å². The molecule has 1 unspecified atom stereocenters. The van der Waals surface area contributed by atoms with Crippen LogP contribution < -0.4 is 4.74 Å². The van der Waals surface area contributed by atoms with E-state index in [1.807, 2.05) is 26.8 Å². The maximum Gasteiger partial charge on any atom is 0.223 e. The minimum Gasteiger partial charge on any atom is -0.469 e. The standard InChI is InChI=1S/C13H16O3S/c1-5-12-16-10-7-6-9(13(2,3)4)8-11(10)17(12,14)15/h5-8,12H,1H2,2-4H3. The van der Waals surface area contributed by atoms with Crippen LogP contribution in [0.15, 0.2) is 35.7 Å². The molecule has 0 N–H and O–H groups in total. The molecule has 0 aliphatic carbocycles. The number of hydrogen-bond donors (Lipinski definition) is 0. The first-order chi connectivity index (χ1) is 7.76. The minimum absolute atomic E-state index is 0.0865. The number of ether oxygens (including phenoxy) is 1. The number of fused-ring (bicyclic) bond motifs is 1. The van der Waals surface area contributed by atoms with Crippen molar-refractivity contribution in [1.29, 1.82) is 0 Å². The normalized spacial score (nSPS) is 21.7. The van der Waals surface area contributed by atoms with Gasteiger partial charge in [0.25, 0.3) is 0 Å². The van der Waals surface area contributed by atoms with Gasteiger partial charge in [-0.1, -0.05) is 33.4 Å². The molecule has 0 saturated heterocycles. The van der Waals surface area contributed by atoms with Crippen molar-refractivity contribution < 1.29 is 13.2 Å². The molecule has 0 bridgehead atoms. The van der Waals surface area contributed by atoms with E-state index in [-0.39, 0.29) is 10.3 Å². The van der Waals surface area contributed by atoms with E-state index in [0.717, 1.165) is 5.56 Å². The first kappa shape index (κ1) is 12.2. The van der Waals surface area contributed by atoms with Crippen molar-refractivity contribution in [1.82, 2.24) is 0 Å². The highest BCUT2D eigenvalue weighted by Gasteiger charge is 2.37. The number of benzene rings is 1. The highest BCUT2D eigenvalue weighted by atomic mass is 32.2. The maximum atomic E-state index is 12.1. The Morgan fingerprint density at radius 2 is 2.00 bits per heavy atom. The van der Waals surface area contributed by atoms with Gasteiger partial charge in [-0.25, -0.2) is 8.42 Å². The molecule has 1 aliphatic heterocycles. The van der Waals surface area contributed by atoms with Gasteiger partial charge >= 0.3 is 0 Å². The summed E-state index contributed by atoms with van der Waals surface area (Å²) in [6, 6.07) is 5.32. The smallest absolute Gasteiger partial charge is 0.223 e. The lowest BCUT2D eigenvalue weighted by Crippen LogP contribution is -2.17. The van der Waals surface area contributed by atoms with Gasteiger partial charge in [-0.05, 0) is 29.2 Å². The summed E-state index contributed by atoms with van der Waals surface area (Å²) in [6.07, 6.45) is 1.31. The van der Waals surface area contributed by atoms with Crippen LogP contribution in [-0.4, -0.2) is 13.9 Å². The Morgan fingerprint density at radius 1 is 1.35 bits per heavy atom. The fourth-order valence-electron chi connectivity index (χ4n) is 1.78. The predicted molar refractivity (Wildman–Crippen MR) is 66.9 cm³/mol. The molecule has 0 radical (unpaired) electrons. The molecule has 0 amide bonds. The Balaban J connectivity index is 2.61. The summed E-state index contributed by atoms with van der Waals surface area (Å²) in [6.45, 7) is 9.62. The summed E-state index contributed by atoms with van der Waals surface area (Å²) < 4.78 is 29.5. The molecule has 3 nitrogen and oxygen atoms in total. The van der Waals surface area contributed by atoms with Gasteiger partial charge < -0.3 is 4.74 Å². The second-order valence-electron chi connectivity index (χ2n) is 5.18. The van der Waals surface area contributed by atoms with Gasteiger partial charge in [-0.15, -0.1) is 0 Å². The van der Waals surface area contributed by atoms with Crippen LogP contribution in [0.3, 0.4) is 0 Å². The molecule has 1 aromatic rings. The summed E-state index contributed by atoms with van der Waals surface area (Å²) in [5, 5.41) is 0. The summed E-state index contributed by atoms with van der Waals surface area (Å²) in [5.74, 6) is 0.419. The molecule has 4 heteroatoms. The van der Waals surface area contributed by atoms with Crippen molar-refractivity contribution in [3.8, 4) is 5.75 Å². The van der Waals surface area contributed by atoms with Crippen molar-refractivity contribution in [2.24, 2.45) is 0 Å². The molecule has 0 spiro atoms. The molecule has 2 rings (SSSR count). The van der Waals surface area contributed by atoms with Gasteiger partial charge in [0.1, 0.15) is 10.6 Å². The zero-order valence-corrected chi connectivity index (χ0v) is 11.0. The highest BCUT2D eigenvalue weighted by Crippen LogP contribution is 2.38. The van der Waals surface area contributed by atoms with Gasteiger partial charge in [0.2, 0.25) is 15.3 Å². The van der Waals surface area contributed by atoms with Crippen molar-refractivity contribution in [2.75, 3.05) is 0 Å². The Bertz CT molecular complexity index is 565. The van der Waals surface area contributed by atoms with E-state index < -0.39 is 15.3 Å². The van der Waals surface area contributed by atoms with E-state index in [4.69, 9.17) is 4.74 Å². The van der Waals surface area contributed by atoms with Gasteiger partial charge in [0.15, 0.2) is 0 Å². The maximum absolute atomic E-state index is 12.1. The Hall–Kier alpha value is -1.29. The van der Waals surface area contributed by atoms with Crippen molar-refractivity contribution in [2.45, 2.75) is 36.5 Å². The first-order valence-electron chi connectivity index (χ1n) is 5.44. The Morgan fingerprint density at radius 3 is 2.53 bits per heavy atom. The van der Waals surface area contributed by atoms with Crippen LogP contribution in [0, 0.1) is 0 Å². The van der Waals surface area contributed by atoms with Crippen LogP contribution in [0.1, 0.15) is 26.3 Å². The zero-order chi connectivity index (χ0) is 12.8. The molecule has 92 valence electrons. The van der Waals surface area contributed by atoms with E-state index in [9.17, 15) is 8.42 Å². The van der Waals surface area contributed by atoms with Crippen LogP contribution in [0.25, 0.3) is 0 Å². The van der Waals surface area contributed by atoms with Crippen molar-refractivity contribution in [3.05, 3.63) is 36.4 Å². The van der Waals surface area contributed by atoms with Crippen LogP contribution in [0.5, 0.6) is 5.75 Å². The summed E-state index contributed by atoms with van der Waals surface area (Å²) in [5.41, 5.74) is -0.0579. The van der Waals surface area contributed by atoms with Gasteiger partial charge in [-0.3, -0.25) is 0 Å². The molecule has 17 heavy (non-hydrogen) atoms.